The summed E-state index contributed by atoms with van der Waals surface area (Å²) in [6, 6.07) is 11.1. The molecule has 0 bridgehead atoms. The van der Waals surface area contributed by atoms with Crippen LogP contribution in [0.15, 0.2) is 42.5 Å². The number of anilines is 3. The molecule has 1 fully saturated rings. The Hall–Kier alpha value is -3.84. The average molecular weight is 578 g/mol. The van der Waals surface area contributed by atoms with Crippen molar-refractivity contribution in [2.24, 2.45) is 0 Å². The zero-order valence-electron chi connectivity index (χ0n) is 23.9. The molecule has 0 saturated carbocycles. The van der Waals surface area contributed by atoms with Gasteiger partial charge in [0.15, 0.2) is 0 Å². The number of methoxy groups -OCH3 is 1. The Morgan fingerprint density at radius 2 is 2.00 bits per heavy atom. The number of halogens is 1. The van der Waals surface area contributed by atoms with Crippen molar-refractivity contribution in [3.05, 3.63) is 58.8 Å². The standard InChI is InChI=1S/C31H36ClN5O4/c1-5-24-22(19-33)30(34-20-9-10-27(40-4)23(32)16-20)21-17-26(28(41-6-2)18-25(21)35-24)36-29(38)8-7-13-37-14-11-31(3,39)12-15-37/h7-10,16-18,39H,5-6,11-15H2,1-4H3,(H,34,35)(H,36,38)/b8-7+. The van der Waals surface area contributed by atoms with E-state index in [0.717, 1.165) is 13.1 Å². The van der Waals surface area contributed by atoms with Crippen LogP contribution >= 0.6 is 11.6 Å². The van der Waals surface area contributed by atoms with E-state index in [0.29, 0.717) is 88.2 Å². The molecule has 9 nitrogen and oxygen atoms in total. The molecule has 2 aromatic carbocycles. The number of hydrogen-bond donors (Lipinski definition) is 3. The van der Waals surface area contributed by atoms with E-state index in [2.05, 4.69) is 21.6 Å². The van der Waals surface area contributed by atoms with Crippen LogP contribution < -0.4 is 20.1 Å². The summed E-state index contributed by atoms with van der Waals surface area (Å²) in [4.78, 5) is 19.9. The van der Waals surface area contributed by atoms with E-state index in [1.807, 2.05) is 32.9 Å². The van der Waals surface area contributed by atoms with Gasteiger partial charge < -0.3 is 25.2 Å². The number of fused-ring (bicyclic) bond motifs is 1. The van der Waals surface area contributed by atoms with Crippen molar-refractivity contribution in [3.8, 4) is 17.6 Å². The molecular formula is C31H36ClN5O4. The van der Waals surface area contributed by atoms with E-state index < -0.39 is 5.60 Å². The van der Waals surface area contributed by atoms with Gasteiger partial charge in [0.1, 0.15) is 17.6 Å². The van der Waals surface area contributed by atoms with E-state index in [9.17, 15) is 15.2 Å². The second-order valence-corrected chi connectivity index (χ2v) is 10.6. The smallest absolute Gasteiger partial charge is 0.248 e. The molecule has 1 aromatic heterocycles. The first-order valence-corrected chi connectivity index (χ1v) is 14.1. The summed E-state index contributed by atoms with van der Waals surface area (Å²) < 4.78 is 11.1. The third-order valence-electron chi connectivity index (χ3n) is 7.15. The molecule has 0 aliphatic carbocycles. The van der Waals surface area contributed by atoms with E-state index in [4.69, 9.17) is 26.1 Å². The summed E-state index contributed by atoms with van der Waals surface area (Å²) >= 11 is 6.36. The molecule has 1 aliphatic rings. The minimum absolute atomic E-state index is 0.301. The molecule has 1 amide bonds. The number of pyridine rings is 1. The lowest BCUT2D eigenvalue weighted by molar-refractivity contribution is -0.112. The first kappa shape index (κ1) is 30.1. The van der Waals surface area contributed by atoms with Crippen LogP contribution in [0.25, 0.3) is 10.9 Å². The highest BCUT2D eigenvalue weighted by Crippen LogP contribution is 2.38. The number of likely N-dealkylation sites (tertiary alicyclic amines) is 1. The number of nitrogens with zero attached hydrogens (tertiary/aromatic N) is 3. The Labute approximate surface area is 245 Å². The van der Waals surface area contributed by atoms with Gasteiger partial charge in [0.2, 0.25) is 5.91 Å². The van der Waals surface area contributed by atoms with Gasteiger partial charge in [0.05, 0.1) is 52.5 Å². The van der Waals surface area contributed by atoms with Gasteiger partial charge in [-0.3, -0.25) is 14.7 Å². The van der Waals surface area contributed by atoms with Crippen LogP contribution in [0.2, 0.25) is 5.02 Å². The monoisotopic (exact) mass is 577 g/mol. The third-order valence-corrected chi connectivity index (χ3v) is 7.45. The first-order valence-electron chi connectivity index (χ1n) is 13.7. The number of carbonyl (C=O) groups is 1. The maximum absolute atomic E-state index is 12.9. The van der Waals surface area contributed by atoms with Gasteiger partial charge in [0, 0.05) is 42.9 Å². The predicted molar refractivity (Wildman–Crippen MR) is 162 cm³/mol. The van der Waals surface area contributed by atoms with Crippen LogP contribution in [0.1, 0.15) is 44.9 Å². The zero-order chi connectivity index (χ0) is 29.6. The maximum atomic E-state index is 12.9. The molecule has 41 heavy (non-hydrogen) atoms. The van der Waals surface area contributed by atoms with Crippen LogP contribution in [-0.4, -0.2) is 59.8 Å². The van der Waals surface area contributed by atoms with Gasteiger partial charge in [-0.2, -0.15) is 5.26 Å². The molecule has 10 heteroatoms. The molecule has 3 N–H and O–H groups in total. The largest absolute Gasteiger partial charge is 0.495 e. The van der Waals surface area contributed by atoms with Crippen LogP contribution in [0.3, 0.4) is 0 Å². The summed E-state index contributed by atoms with van der Waals surface area (Å²) in [6.45, 7) is 8.25. The molecule has 2 heterocycles. The Morgan fingerprint density at radius 3 is 2.63 bits per heavy atom. The minimum Gasteiger partial charge on any atom is -0.495 e. The number of aromatic nitrogens is 1. The molecule has 0 atom stereocenters. The molecule has 1 saturated heterocycles. The van der Waals surface area contributed by atoms with Crippen molar-refractivity contribution in [2.75, 3.05) is 44.0 Å². The van der Waals surface area contributed by atoms with Gasteiger partial charge in [-0.1, -0.05) is 24.6 Å². The van der Waals surface area contributed by atoms with E-state index in [1.54, 1.807) is 31.4 Å². The molecule has 1 aliphatic heterocycles. The Kier molecular flexibility index (Phi) is 9.71. The Morgan fingerprint density at radius 1 is 1.24 bits per heavy atom. The molecule has 3 aromatic rings. The maximum Gasteiger partial charge on any atom is 0.248 e. The van der Waals surface area contributed by atoms with Crippen molar-refractivity contribution in [1.29, 1.82) is 5.26 Å². The first-order chi connectivity index (χ1) is 19.7. The number of hydrogen-bond acceptors (Lipinski definition) is 8. The Bertz CT molecular complexity index is 1490. The van der Waals surface area contributed by atoms with Gasteiger partial charge in [-0.25, -0.2) is 0 Å². The Balaban J connectivity index is 1.67. The van der Waals surface area contributed by atoms with Crippen LogP contribution in [0.4, 0.5) is 17.1 Å². The number of nitriles is 1. The number of amides is 1. The van der Waals surface area contributed by atoms with Crippen LogP contribution in [0.5, 0.6) is 11.5 Å². The van der Waals surface area contributed by atoms with Crippen molar-refractivity contribution in [1.82, 2.24) is 9.88 Å². The number of piperidine rings is 1. The van der Waals surface area contributed by atoms with Crippen molar-refractivity contribution in [2.45, 2.75) is 45.6 Å². The topological polar surface area (TPSA) is 120 Å². The van der Waals surface area contributed by atoms with Crippen LogP contribution in [-0.2, 0) is 11.2 Å². The summed E-state index contributed by atoms with van der Waals surface area (Å²) in [7, 11) is 1.55. The second-order valence-electron chi connectivity index (χ2n) is 10.2. The number of benzene rings is 2. The molecule has 0 spiro atoms. The quantitative estimate of drug-likeness (QED) is 0.258. The van der Waals surface area contributed by atoms with Gasteiger partial charge in [-0.15, -0.1) is 0 Å². The number of rotatable bonds is 10. The molecule has 0 unspecified atom stereocenters. The highest BCUT2D eigenvalue weighted by Gasteiger charge is 2.26. The van der Waals surface area contributed by atoms with E-state index in [1.165, 1.54) is 6.08 Å². The number of aryl methyl sites for hydroxylation is 1. The fraction of sp³-hybridized carbons (Fsp3) is 0.387. The lowest BCUT2D eigenvalue weighted by atomic mass is 9.94. The molecule has 216 valence electrons. The van der Waals surface area contributed by atoms with Gasteiger partial charge in [-0.05, 0) is 57.4 Å². The third kappa shape index (κ3) is 7.27. The predicted octanol–water partition coefficient (Wildman–Crippen LogP) is 5.81. The summed E-state index contributed by atoms with van der Waals surface area (Å²) in [5, 5.41) is 27.6. The lowest BCUT2D eigenvalue weighted by Crippen LogP contribution is -2.42. The fourth-order valence-electron chi connectivity index (χ4n) is 4.81. The number of carbonyl (C=O) groups excluding carboxylic acids is 1. The number of ether oxygens (including phenoxy) is 2. The molecular weight excluding hydrogens is 542 g/mol. The normalized spacial score (nSPS) is 15.0. The zero-order valence-corrected chi connectivity index (χ0v) is 24.6. The summed E-state index contributed by atoms with van der Waals surface area (Å²) in [5.74, 6) is 0.722. The fourth-order valence-corrected chi connectivity index (χ4v) is 5.07. The molecule has 0 radical (unpaired) electrons. The minimum atomic E-state index is -0.616. The SMILES string of the molecule is CCOc1cc2nc(CC)c(C#N)c(Nc3ccc(OC)c(Cl)c3)c2cc1NC(=O)/C=C/CN1CCC(C)(O)CC1. The highest BCUT2D eigenvalue weighted by atomic mass is 35.5. The van der Waals surface area contributed by atoms with Gasteiger partial charge >= 0.3 is 0 Å². The van der Waals surface area contributed by atoms with Gasteiger partial charge in [0.25, 0.3) is 0 Å². The number of aliphatic hydroxyl groups is 1. The van der Waals surface area contributed by atoms with E-state index in [-0.39, 0.29) is 5.91 Å². The van der Waals surface area contributed by atoms with E-state index >= 15 is 0 Å². The second kappa shape index (κ2) is 13.2. The highest BCUT2D eigenvalue weighted by molar-refractivity contribution is 6.32. The summed E-state index contributed by atoms with van der Waals surface area (Å²) in [5.41, 5.74) is 2.76. The van der Waals surface area contributed by atoms with Crippen molar-refractivity contribution >= 4 is 45.5 Å². The lowest BCUT2D eigenvalue weighted by Gasteiger charge is -2.35. The summed E-state index contributed by atoms with van der Waals surface area (Å²) in [6.07, 6.45) is 5.29. The van der Waals surface area contributed by atoms with Crippen LogP contribution in [0, 0.1) is 11.3 Å². The van der Waals surface area contributed by atoms with Crippen molar-refractivity contribution < 1.29 is 19.4 Å². The average Bonchev–Trinajstić information content (AvgIpc) is 2.94. The van der Waals surface area contributed by atoms with Crippen molar-refractivity contribution in [3.63, 3.8) is 0 Å². The molecule has 4 rings (SSSR count). The number of nitrogens with one attached hydrogen (secondary N) is 2.